The molecule has 5 nitrogen and oxygen atoms in total. The number of imide groups is 1. The maximum atomic E-state index is 11.5. The number of hydrogen-bond donors (Lipinski definition) is 2. The second kappa shape index (κ2) is 6.02. The third-order valence-corrected chi connectivity index (χ3v) is 4.76. The first-order valence-electron chi connectivity index (χ1n) is 6.39. The lowest BCUT2D eigenvalue weighted by Crippen LogP contribution is -2.22. The molecule has 0 saturated carbocycles. The predicted octanol–water partition coefficient (Wildman–Crippen LogP) is 3.68. The summed E-state index contributed by atoms with van der Waals surface area (Å²) >= 11 is 4.91. The summed E-state index contributed by atoms with van der Waals surface area (Å²) in [6.07, 6.45) is 1.49. The lowest BCUT2D eigenvalue weighted by atomic mass is 10.2. The standard InChI is InChI=1S/C15H11BrN2O3S/c1-8-2-4-10(5-3-8)22-14-11(16)6-9(21-14)7-12-13(19)18-15(20)17-12/h2-7H,1H3,(H2,17,18,19,20)/b12-7+. The van der Waals surface area contributed by atoms with Crippen LogP contribution in [0.4, 0.5) is 4.79 Å². The van der Waals surface area contributed by atoms with E-state index in [1.54, 1.807) is 6.07 Å². The molecule has 1 aliphatic rings. The van der Waals surface area contributed by atoms with Crippen LogP contribution in [0.1, 0.15) is 11.3 Å². The molecule has 22 heavy (non-hydrogen) atoms. The molecule has 0 bridgehead atoms. The normalized spacial score (nSPS) is 16.0. The van der Waals surface area contributed by atoms with Gasteiger partial charge in [0.1, 0.15) is 11.5 Å². The Balaban J connectivity index is 1.82. The summed E-state index contributed by atoms with van der Waals surface area (Å²) in [4.78, 5) is 23.6. The average Bonchev–Trinajstić information content (AvgIpc) is 2.96. The fourth-order valence-electron chi connectivity index (χ4n) is 1.85. The molecule has 2 heterocycles. The Bertz CT molecular complexity index is 781. The summed E-state index contributed by atoms with van der Waals surface area (Å²) in [5.74, 6) is 0.0131. The first-order valence-corrected chi connectivity index (χ1v) is 8.00. The van der Waals surface area contributed by atoms with E-state index in [1.165, 1.54) is 23.4 Å². The number of carbonyl (C=O) groups excluding carboxylic acids is 2. The summed E-state index contributed by atoms with van der Waals surface area (Å²) in [5, 5.41) is 5.23. The van der Waals surface area contributed by atoms with Gasteiger partial charge < -0.3 is 9.73 Å². The van der Waals surface area contributed by atoms with Crippen molar-refractivity contribution in [2.45, 2.75) is 16.9 Å². The molecule has 0 unspecified atom stereocenters. The highest BCUT2D eigenvalue weighted by Gasteiger charge is 2.23. The second-order valence-electron chi connectivity index (χ2n) is 4.67. The van der Waals surface area contributed by atoms with E-state index in [0.29, 0.717) is 10.9 Å². The maximum absolute atomic E-state index is 11.5. The smallest absolute Gasteiger partial charge is 0.326 e. The quantitative estimate of drug-likeness (QED) is 0.631. The van der Waals surface area contributed by atoms with E-state index in [0.717, 1.165) is 9.37 Å². The lowest BCUT2D eigenvalue weighted by molar-refractivity contribution is -0.115. The molecule has 0 aliphatic carbocycles. The Morgan fingerprint density at radius 3 is 2.55 bits per heavy atom. The van der Waals surface area contributed by atoms with Gasteiger partial charge in [0.15, 0.2) is 5.09 Å². The van der Waals surface area contributed by atoms with Gasteiger partial charge in [0, 0.05) is 11.0 Å². The van der Waals surface area contributed by atoms with Crippen LogP contribution < -0.4 is 10.6 Å². The number of furan rings is 1. The first kappa shape index (κ1) is 14.9. The Labute approximate surface area is 139 Å². The maximum Gasteiger partial charge on any atom is 0.326 e. The van der Waals surface area contributed by atoms with Gasteiger partial charge in [0.05, 0.1) is 4.47 Å². The number of benzene rings is 1. The van der Waals surface area contributed by atoms with Crippen LogP contribution in [-0.2, 0) is 4.79 Å². The van der Waals surface area contributed by atoms with Gasteiger partial charge in [0.25, 0.3) is 5.91 Å². The van der Waals surface area contributed by atoms with E-state index in [1.807, 2.05) is 31.2 Å². The fraction of sp³-hybridized carbons (Fsp3) is 0.0667. The highest BCUT2D eigenvalue weighted by Crippen LogP contribution is 2.36. The van der Waals surface area contributed by atoms with Crippen LogP contribution in [0.5, 0.6) is 0 Å². The minimum absolute atomic E-state index is 0.165. The molecule has 7 heteroatoms. The Hall–Kier alpha value is -1.99. The number of nitrogens with one attached hydrogen (secondary N) is 2. The average molecular weight is 379 g/mol. The molecular weight excluding hydrogens is 368 g/mol. The summed E-state index contributed by atoms with van der Waals surface area (Å²) in [6.45, 7) is 2.03. The van der Waals surface area contributed by atoms with Gasteiger partial charge in [-0.3, -0.25) is 10.1 Å². The van der Waals surface area contributed by atoms with E-state index in [2.05, 4.69) is 26.6 Å². The van der Waals surface area contributed by atoms with E-state index < -0.39 is 11.9 Å². The minimum atomic E-state index is -0.531. The molecule has 1 saturated heterocycles. The minimum Gasteiger partial charge on any atom is -0.449 e. The largest absolute Gasteiger partial charge is 0.449 e. The SMILES string of the molecule is Cc1ccc(Sc2oc(/C=C3/NC(=O)NC3=O)cc2Br)cc1. The van der Waals surface area contributed by atoms with Gasteiger partial charge in [-0.15, -0.1) is 0 Å². The van der Waals surface area contributed by atoms with Crippen molar-refractivity contribution in [3.8, 4) is 0 Å². The molecule has 0 spiro atoms. The topological polar surface area (TPSA) is 71.3 Å². The highest BCUT2D eigenvalue weighted by atomic mass is 79.9. The van der Waals surface area contributed by atoms with Gasteiger partial charge in [-0.1, -0.05) is 29.5 Å². The van der Waals surface area contributed by atoms with Crippen LogP contribution in [0.2, 0.25) is 0 Å². The molecule has 3 rings (SSSR count). The molecule has 2 N–H and O–H groups in total. The van der Waals surface area contributed by atoms with Crippen molar-refractivity contribution in [3.05, 3.63) is 51.8 Å². The van der Waals surface area contributed by atoms with Crippen LogP contribution in [-0.4, -0.2) is 11.9 Å². The number of amides is 3. The van der Waals surface area contributed by atoms with E-state index >= 15 is 0 Å². The monoisotopic (exact) mass is 378 g/mol. The molecule has 2 aromatic rings. The third-order valence-electron chi connectivity index (χ3n) is 2.91. The van der Waals surface area contributed by atoms with E-state index in [4.69, 9.17) is 4.42 Å². The van der Waals surface area contributed by atoms with Gasteiger partial charge >= 0.3 is 6.03 Å². The number of urea groups is 1. The number of rotatable bonds is 3. The van der Waals surface area contributed by atoms with Crippen LogP contribution >= 0.6 is 27.7 Å². The van der Waals surface area contributed by atoms with Crippen LogP contribution in [0, 0.1) is 6.92 Å². The molecule has 1 fully saturated rings. The summed E-state index contributed by atoms with van der Waals surface area (Å²) < 4.78 is 6.49. The van der Waals surface area contributed by atoms with Gasteiger partial charge in [-0.25, -0.2) is 4.79 Å². The lowest BCUT2D eigenvalue weighted by Gasteiger charge is -1.99. The zero-order valence-corrected chi connectivity index (χ0v) is 13.9. The predicted molar refractivity (Wildman–Crippen MR) is 86.4 cm³/mol. The number of aryl methyl sites for hydroxylation is 1. The second-order valence-corrected chi connectivity index (χ2v) is 6.57. The van der Waals surface area contributed by atoms with Crippen LogP contribution in [0.3, 0.4) is 0 Å². The van der Waals surface area contributed by atoms with Gasteiger partial charge in [0.2, 0.25) is 0 Å². The molecular formula is C15H11BrN2O3S. The highest BCUT2D eigenvalue weighted by molar-refractivity contribution is 9.10. The third kappa shape index (κ3) is 3.26. The van der Waals surface area contributed by atoms with E-state index in [-0.39, 0.29) is 5.70 Å². The Morgan fingerprint density at radius 2 is 1.91 bits per heavy atom. The molecule has 1 aliphatic heterocycles. The number of hydrogen-bond acceptors (Lipinski definition) is 4. The van der Waals surface area contributed by atoms with Crippen molar-refractivity contribution in [3.63, 3.8) is 0 Å². The van der Waals surface area contributed by atoms with Crippen molar-refractivity contribution in [2.24, 2.45) is 0 Å². The fourth-order valence-corrected chi connectivity index (χ4v) is 3.18. The van der Waals surface area contributed by atoms with Crippen LogP contribution in [0.25, 0.3) is 6.08 Å². The zero-order valence-electron chi connectivity index (χ0n) is 11.5. The Kier molecular flexibility index (Phi) is 4.08. The number of carbonyl (C=O) groups is 2. The van der Waals surface area contributed by atoms with Crippen molar-refractivity contribution in [2.75, 3.05) is 0 Å². The van der Waals surface area contributed by atoms with Crippen LogP contribution in [0.15, 0.2) is 54.9 Å². The molecule has 1 aromatic carbocycles. The van der Waals surface area contributed by atoms with Gasteiger partial charge in [-0.05, 0) is 41.1 Å². The number of halogens is 1. The molecule has 0 atom stereocenters. The first-order chi connectivity index (χ1) is 10.5. The van der Waals surface area contributed by atoms with Crippen molar-refractivity contribution in [1.29, 1.82) is 0 Å². The summed E-state index contributed by atoms with van der Waals surface area (Å²) in [5.41, 5.74) is 1.36. The van der Waals surface area contributed by atoms with Crippen molar-refractivity contribution in [1.82, 2.24) is 10.6 Å². The zero-order chi connectivity index (χ0) is 15.7. The molecule has 3 amide bonds. The Morgan fingerprint density at radius 1 is 1.18 bits per heavy atom. The van der Waals surface area contributed by atoms with Crippen molar-refractivity contribution < 1.29 is 14.0 Å². The van der Waals surface area contributed by atoms with Gasteiger partial charge in [-0.2, -0.15) is 0 Å². The molecule has 0 radical (unpaired) electrons. The van der Waals surface area contributed by atoms with Crippen molar-refractivity contribution >= 4 is 45.7 Å². The summed E-state index contributed by atoms with van der Waals surface area (Å²) in [7, 11) is 0. The molecule has 112 valence electrons. The van der Waals surface area contributed by atoms with E-state index in [9.17, 15) is 9.59 Å². The summed E-state index contributed by atoms with van der Waals surface area (Å²) in [6, 6.07) is 9.30. The molecule has 1 aromatic heterocycles.